The van der Waals surface area contributed by atoms with Crippen LogP contribution in [0.15, 0.2) is 77.3 Å². The third-order valence-corrected chi connectivity index (χ3v) is 5.66. The lowest BCUT2D eigenvalue weighted by Gasteiger charge is -2.09. The summed E-state index contributed by atoms with van der Waals surface area (Å²) in [5, 5.41) is 4.57. The lowest BCUT2D eigenvalue weighted by Crippen LogP contribution is -2.15. The third-order valence-electron chi connectivity index (χ3n) is 5.17. The van der Waals surface area contributed by atoms with Gasteiger partial charge in [-0.1, -0.05) is 52.3 Å². The van der Waals surface area contributed by atoms with Crippen LogP contribution in [0, 0.1) is 5.82 Å². The molecule has 178 valence electrons. The fourth-order valence-electron chi connectivity index (χ4n) is 3.49. The highest BCUT2D eigenvalue weighted by molar-refractivity contribution is 9.10. The average Bonchev–Trinajstić information content (AvgIpc) is 3.29. The van der Waals surface area contributed by atoms with Crippen LogP contribution in [0.3, 0.4) is 0 Å². The van der Waals surface area contributed by atoms with Gasteiger partial charge in [-0.3, -0.25) is 0 Å². The minimum atomic E-state index is -0.745. The molecule has 0 saturated heterocycles. The van der Waals surface area contributed by atoms with E-state index in [0.29, 0.717) is 27.0 Å². The Hall–Kier alpha value is -3.98. The summed E-state index contributed by atoms with van der Waals surface area (Å²) in [6.07, 6.45) is 0. The van der Waals surface area contributed by atoms with Crippen LogP contribution in [0.25, 0.3) is 16.9 Å². The minimum absolute atomic E-state index is 0.00169. The van der Waals surface area contributed by atoms with Crippen LogP contribution in [0.4, 0.5) is 4.39 Å². The normalized spacial score (nSPS) is 10.6. The van der Waals surface area contributed by atoms with Crippen LogP contribution < -0.4 is 4.74 Å². The van der Waals surface area contributed by atoms with Crippen LogP contribution in [0.2, 0.25) is 0 Å². The smallest absolute Gasteiger partial charge is 0.357 e. The van der Waals surface area contributed by atoms with Gasteiger partial charge in [0.1, 0.15) is 29.4 Å². The monoisotopic (exact) mass is 538 g/mol. The molecule has 7 nitrogen and oxygen atoms in total. The zero-order chi connectivity index (χ0) is 24.9. The molecule has 0 bridgehead atoms. The van der Waals surface area contributed by atoms with Gasteiger partial charge >= 0.3 is 11.9 Å². The molecule has 1 aromatic heterocycles. The van der Waals surface area contributed by atoms with Gasteiger partial charge in [-0.2, -0.15) is 5.10 Å². The predicted octanol–water partition coefficient (Wildman–Crippen LogP) is 5.59. The van der Waals surface area contributed by atoms with Gasteiger partial charge in [0.2, 0.25) is 0 Å². The number of aromatic nitrogens is 2. The maximum atomic E-state index is 14.2. The quantitative estimate of drug-likeness (QED) is 0.285. The van der Waals surface area contributed by atoms with E-state index in [1.807, 2.05) is 6.07 Å². The first kappa shape index (κ1) is 24.2. The summed E-state index contributed by atoms with van der Waals surface area (Å²) in [6, 6.07) is 20.4. The molecule has 4 aromatic rings. The van der Waals surface area contributed by atoms with Gasteiger partial charge in [0, 0.05) is 15.6 Å². The van der Waals surface area contributed by atoms with E-state index in [2.05, 4.69) is 21.0 Å². The van der Waals surface area contributed by atoms with Crippen molar-refractivity contribution in [2.45, 2.75) is 6.61 Å². The van der Waals surface area contributed by atoms with E-state index in [-0.39, 0.29) is 23.6 Å². The average molecular weight is 539 g/mol. The molecule has 0 aliphatic heterocycles. The van der Waals surface area contributed by atoms with Gasteiger partial charge in [-0.05, 0) is 36.4 Å². The Morgan fingerprint density at radius 2 is 1.69 bits per heavy atom. The molecule has 4 rings (SSSR count). The Morgan fingerprint density at radius 1 is 0.943 bits per heavy atom. The molecule has 0 spiro atoms. The second kappa shape index (κ2) is 10.5. The second-order valence-electron chi connectivity index (χ2n) is 7.35. The van der Waals surface area contributed by atoms with Crippen molar-refractivity contribution >= 4 is 27.9 Å². The lowest BCUT2D eigenvalue weighted by molar-refractivity contribution is 0.0549. The van der Waals surface area contributed by atoms with E-state index < -0.39 is 17.8 Å². The first-order valence-corrected chi connectivity index (χ1v) is 11.2. The first-order chi connectivity index (χ1) is 16.9. The summed E-state index contributed by atoms with van der Waals surface area (Å²) in [4.78, 5) is 25.5. The molecule has 0 radical (unpaired) electrons. The van der Waals surface area contributed by atoms with Crippen molar-refractivity contribution in [3.63, 3.8) is 0 Å². The van der Waals surface area contributed by atoms with Gasteiger partial charge in [0.15, 0.2) is 5.69 Å². The van der Waals surface area contributed by atoms with Crippen molar-refractivity contribution in [1.82, 2.24) is 9.78 Å². The highest BCUT2D eigenvalue weighted by Crippen LogP contribution is 2.31. The Kier molecular flexibility index (Phi) is 7.26. The number of benzene rings is 3. The first-order valence-electron chi connectivity index (χ1n) is 10.4. The van der Waals surface area contributed by atoms with Crippen molar-refractivity contribution in [3.05, 3.63) is 99.9 Å². The van der Waals surface area contributed by atoms with E-state index in [9.17, 15) is 14.0 Å². The number of carbonyl (C=O) groups excluding carboxylic acids is 2. The molecule has 0 aliphatic carbocycles. The Morgan fingerprint density at radius 3 is 2.37 bits per heavy atom. The third kappa shape index (κ3) is 5.09. The molecule has 1 heterocycles. The number of hydrogen-bond acceptors (Lipinski definition) is 6. The van der Waals surface area contributed by atoms with Crippen molar-refractivity contribution < 1.29 is 28.2 Å². The number of para-hydroxylation sites is 1. The summed E-state index contributed by atoms with van der Waals surface area (Å²) in [5.74, 6) is -1.46. The largest absolute Gasteiger partial charge is 0.489 e. The van der Waals surface area contributed by atoms with Gasteiger partial charge in [-0.25, -0.2) is 18.7 Å². The number of rotatable bonds is 7. The molecular formula is C26H20BrFN2O5. The van der Waals surface area contributed by atoms with Crippen molar-refractivity contribution in [1.29, 1.82) is 0 Å². The van der Waals surface area contributed by atoms with Crippen molar-refractivity contribution in [2.75, 3.05) is 14.2 Å². The molecule has 0 unspecified atom stereocenters. The Bertz CT molecular complexity index is 1390. The molecule has 0 fully saturated rings. The molecule has 0 N–H and O–H groups in total. The molecular weight excluding hydrogens is 519 g/mol. The fourth-order valence-corrected chi connectivity index (χ4v) is 3.82. The predicted molar refractivity (Wildman–Crippen MR) is 130 cm³/mol. The maximum Gasteiger partial charge on any atom is 0.357 e. The van der Waals surface area contributed by atoms with Gasteiger partial charge in [-0.15, -0.1) is 0 Å². The van der Waals surface area contributed by atoms with Crippen LogP contribution in [-0.2, 0) is 16.1 Å². The maximum absolute atomic E-state index is 14.2. The topological polar surface area (TPSA) is 79.7 Å². The standard InChI is InChI=1S/C26H20BrFN2O5/c1-33-25(31)22-23(29-30(24(22)26(32)34-2)19-8-4-3-5-9-19)16-7-6-10-20(13-16)35-15-17-11-12-18(27)14-21(17)28/h3-14H,15H2,1-2H3. The Balaban J connectivity index is 1.78. The van der Waals surface area contributed by atoms with E-state index in [1.54, 1.807) is 60.7 Å². The molecule has 0 amide bonds. The number of hydrogen-bond donors (Lipinski definition) is 0. The van der Waals surface area contributed by atoms with Gasteiger partial charge in [0.25, 0.3) is 0 Å². The second-order valence-corrected chi connectivity index (χ2v) is 8.27. The zero-order valence-electron chi connectivity index (χ0n) is 18.8. The summed E-state index contributed by atoms with van der Waals surface area (Å²) in [5.41, 5.74) is 1.54. The molecule has 0 aliphatic rings. The number of carbonyl (C=O) groups is 2. The van der Waals surface area contributed by atoms with E-state index in [0.717, 1.165) is 0 Å². The molecule has 35 heavy (non-hydrogen) atoms. The highest BCUT2D eigenvalue weighted by atomic mass is 79.9. The van der Waals surface area contributed by atoms with Crippen LogP contribution in [-0.4, -0.2) is 35.9 Å². The zero-order valence-corrected chi connectivity index (χ0v) is 20.4. The minimum Gasteiger partial charge on any atom is -0.489 e. The highest BCUT2D eigenvalue weighted by Gasteiger charge is 2.31. The number of methoxy groups -OCH3 is 2. The number of esters is 2. The molecule has 0 saturated carbocycles. The van der Waals surface area contributed by atoms with Crippen LogP contribution in [0.1, 0.15) is 26.4 Å². The molecule has 9 heteroatoms. The fraction of sp³-hybridized carbons (Fsp3) is 0.115. The SMILES string of the molecule is COC(=O)c1c(-c2cccc(OCc3ccc(Br)cc3F)c2)nn(-c2ccccc2)c1C(=O)OC. The van der Waals surface area contributed by atoms with E-state index in [4.69, 9.17) is 14.2 Å². The Labute approximate surface area is 209 Å². The number of halogens is 2. The molecule has 3 aromatic carbocycles. The lowest BCUT2D eigenvalue weighted by atomic mass is 10.1. The van der Waals surface area contributed by atoms with Gasteiger partial charge < -0.3 is 14.2 Å². The van der Waals surface area contributed by atoms with E-state index >= 15 is 0 Å². The summed E-state index contributed by atoms with van der Waals surface area (Å²) in [7, 11) is 2.44. The summed E-state index contributed by atoms with van der Waals surface area (Å²) in [6.45, 7) is -0.00169. The van der Waals surface area contributed by atoms with Crippen molar-refractivity contribution in [3.8, 4) is 22.7 Å². The van der Waals surface area contributed by atoms with Gasteiger partial charge in [0.05, 0.1) is 19.9 Å². The number of ether oxygens (including phenoxy) is 3. The summed E-state index contributed by atoms with van der Waals surface area (Å²) >= 11 is 3.23. The van der Waals surface area contributed by atoms with Crippen LogP contribution >= 0.6 is 15.9 Å². The van der Waals surface area contributed by atoms with E-state index in [1.165, 1.54) is 25.0 Å². The van der Waals surface area contributed by atoms with Crippen LogP contribution in [0.5, 0.6) is 5.75 Å². The summed E-state index contributed by atoms with van der Waals surface area (Å²) < 4.78 is 31.9. The number of nitrogens with zero attached hydrogens (tertiary/aromatic N) is 2. The molecule has 0 atom stereocenters. The van der Waals surface area contributed by atoms with Crippen molar-refractivity contribution in [2.24, 2.45) is 0 Å².